The third-order valence-corrected chi connectivity index (χ3v) is 4.14. The van der Waals surface area contributed by atoms with E-state index in [2.05, 4.69) is 20.1 Å². The number of nitrogens with zero attached hydrogens (tertiary/aromatic N) is 3. The van der Waals surface area contributed by atoms with Crippen LogP contribution in [0.5, 0.6) is 0 Å². The van der Waals surface area contributed by atoms with E-state index in [1.54, 1.807) is 12.1 Å². The fourth-order valence-corrected chi connectivity index (χ4v) is 3.03. The Kier molecular flexibility index (Phi) is 4.20. The average molecular weight is 300 g/mol. The van der Waals surface area contributed by atoms with E-state index in [-0.39, 0.29) is 0 Å². The molecule has 0 saturated carbocycles. The summed E-state index contributed by atoms with van der Waals surface area (Å²) in [6, 6.07) is 7.26. The van der Waals surface area contributed by atoms with Crippen molar-refractivity contribution in [3.05, 3.63) is 47.0 Å². The largest absolute Gasteiger partial charge is 0.478 e. The molecule has 22 heavy (non-hydrogen) atoms. The van der Waals surface area contributed by atoms with Crippen LogP contribution in [0.2, 0.25) is 0 Å². The zero-order valence-electron chi connectivity index (χ0n) is 12.6. The molecule has 1 aliphatic rings. The lowest BCUT2D eigenvalue weighted by molar-refractivity contribution is 0.0697. The molecule has 116 valence electrons. The maximum Gasteiger partial charge on any atom is 0.335 e. The van der Waals surface area contributed by atoms with Crippen LogP contribution in [0.25, 0.3) is 0 Å². The van der Waals surface area contributed by atoms with Gasteiger partial charge in [-0.05, 0) is 49.9 Å². The van der Waals surface area contributed by atoms with Gasteiger partial charge in [-0.1, -0.05) is 12.1 Å². The van der Waals surface area contributed by atoms with Gasteiger partial charge in [0.15, 0.2) is 5.82 Å². The molecule has 0 bridgehead atoms. The molecule has 1 atom stereocenters. The number of hydrogen-bond acceptors (Lipinski definition) is 4. The molecule has 1 saturated heterocycles. The van der Waals surface area contributed by atoms with Gasteiger partial charge < -0.3 is 5.11 Å². The Labute approximate surface area is 129 Å². The molecule has 0 aliphatic carbocycles. The molecule has 1 aliphatic heterocycles. The van der Waals surface area contributed by atoms with Crippen LogP contribution in [-0.4, -0.2) is 44.2 Å². The number of carboxylic acid groups (broad SMARTS) is 1. The molecule has 1 fully saturated rings. The van der Waals surface area contributed by atoms with Crippen molar-refractivity contribution >= 4 is 5.97 Å². The van der Waals surface area contributed by atoms with Crippen LogP contribution in [0.3, 0.4) is 0 Å². The maximum absolute atomic E-state index is 10.9. The highest BCUT2D eigenvalue weighted by Gasteiger charge is 2.22. The zero-order valence-corrected chi connectivity index (χ0v) is 12.6. The topological polar surface area (TPSA) is 82.1 Å². The molecule has 0 spiro atoms. The first-order valence-electron chi connectivity index (χ1n) is 7.55. The Hall–Kier alpha value is -2.21. The standard InChI is InChI=1S/C16H20N4O2/c1-11-17-15(19-18-11)10-20-8-2-3-14(9-20)12-4-6-13(7-5-12)16(21)22/h4-7,14H,2-3,8-10H2,1H3,(H,21,22)(H,17,18,19)/t14-/m1/s1. The highest BCUT2D eigenvalue weighted by atomic mass is 16.4. The SMILES string of the molecule is Cc1nc(CN2CCC[C@@H](c3ccc(C(=O)O)cc3)C2)n[nH]1. The van der Waals surface area contributed by atoms with Gasteiger partial charge >= 0.3 is 5.97 Å². The Morgan fingerprint density at radius 2 is 2.18 bits per heavy atom. The molecular formula is C16H20N4O2. The van der Waals surface area contributed by atoms with Gasteiger partial charge in [-0.2, -0.15) is 5.10 Å². The number of hydrogen-bond donors (Lipinski definition) is 2. The summed E-state index contributed by atoms with van der Waals surface area (Å²) in [7, 11) is 0. The number of nitrogens with one attached hydrogen (secondary N) is 1. The Bertz CT molecular complexity index is 650. The van der Waals surface area contributed by atoms with Crippen molar-refractivity contribution in [2.75, 3.05) is 13.1 Å². The molecule has 2 N–H and O–H groups in total. The van der Waals surface area contributed by atoms with Crippen molar-refractivity contribution in [3.8, 4) is 0 Å². The van der Waals surface area contributed by atoms with Gasteiger partial charge in [0.2, 0.25) is 0 Å². The smallest absolute Gasteiger partial charge is 0.335 e. The first-order chi connectivity index (χ1) is 10.6. The molecule has 6 nitrogen and oxygen atoms in total. The van der Waals surface area contributed by atoms with Crippen LogP contribution in [0, 0.1) is 6.92 Å². The summed E-state index contributed by atoms with van der Waals surface area (Å²) in [6.07, 6.45) is 2.27. The van der Waals surface area contributed by atoms with Crippen molar-refractivity contribution in [3.63, 3.8) is 0 Å². The number of rotatable bonds is 4. The molecule has 0 amide bonds. The molecule has 6 heteroatoms. The lowest BCUT2D eigenvalue weighted by atomic mass is 9.90. The van der Waals surface area contributed by atoms with Crippen molar-refractivity contribution in [1.29, 1.82) is 0 Å². The summed E-state index contributed by atoms with van der Waals surface area (Å²) in [5.74, 6) is 1.24. The lowest BCUT2D eigenvalue weighted by Gasteiger charge is -2.32. The maximum atomic E-state index is 10.9. The average Bonchev–Trinajstić information content (AvgIpc) is 2.93. The summed E-state index contributed by atoms with van der Waals surface area (Å²) in [6.45, 7) is 4.67. The number of H-pyrrole nitrogens is 1. The van der Waals surface area contributed by atoms with Gasteiger partial charge in [0.1, 0.15) is 5.82 Å². The van der Waals surface area contributed by atoms with E-state index in [0.717, 1.165) is 44.1 Å². The third kappa shape index (κ3) is 3.33. The number of likely N-dealkylation sites (tertiary alicyclic amines) is 1. The van der Waals surface area contributed by atoms with Crippen molar-refractivity contribution in [1.82, 2.24) is 20.1 Å². The van der Waals surface area contributed by atoms with Gasteiger partial charge in [0, 0.05) is 6.54 Å². The van der Waals surface area contributed by atoms with E-state index in [4.69, 9.17) is 5.11 Å². The number of piperidine rings is 1. The number of aromatic carboxylic acids is 1. The Balaban J connectivity index is 1.66. The van der Waals surface area contributed by atoms with Gasteiger partial charge in [-0.25, -0.2) is 9.78 Å². The molecule has 1 aromatic heterocycles. The van der Waals surface area contributed by atoms with Crippen molar-refractivity contribution < 1.29 is 9.90 Å². The molecule has 0 unspecified atom stereocenters. The molecular weight excluding hydrogens is 280 g/mol. The van der Waals surface area contributed by atoms with E-state index in [1.165, 1.54) is 5.56 Å². The van der Waals surface area contributed by atoms with E-state index >= 15 is 0 Å². The summed E-state index contributed by atoms with van der Waals surface area (Å²) < 4.78 is 0. The second-order valence-corrected chi connectivity index (χ2v) is 5.84. The van der Waals surface area contributed by atoms with Crippen LogP contribution < -0.4 is 0 Å². The van der Waals surface area contributed by atoms with Gasteiger partial charge in [-0.15, -0.1) is 0 Å². The van der Waals surface area contributed by atoms with Crippen LogP contribution in [0.4, 0.5) is 0 Å². The first kappa shape index (κ1) is 14.7. The molecule has 3 rings (SSSR count). The lowest BCUT2D eigenvalue weighted by Crippen LogP contribution is -2.34. The minimum atomic E-state index is -0.878. The van der Waals surface area contributed by atoms with E-state index in [9.17, 15) is 4.79 Å². The van der Waals surface area contributed by atoms with Crippen LogP contribution in [0.1, 0.15) is 46.3 Å². The highest BCUT2D eigenvalue weighted by molar-refractivity contribution is 5.87. The first-order valence-corrected chi connectivity index (χ1v) is 7.55. The van der Waals surface area contributed by atoms with E-state index < -0.39 is 5.97 Å². The number of carbonyl (C=O) groups is 1. The number of benzene rings is 1. The minimum Gasteiger partial charge on any atom is -0.478 e. The zero-order chi connectivity index (χ0) is 15.5. The molecule has 2 heterocycles. The monoisotopic (exact) mass is 300 g/mol. The van der Waals surface area contributed by atoms with Crippen LogP contribution >= 0.6 is 0 Å². The molecule has 1 aromatic carbocycles. The number of aromatic nitrogens is 3. The van der Waals surface area contributed by atoms with Gasteiger partial charge in [0.05, 0.1) is 12.1 Å². The highest BCUT2D eigenvalue weighted by Crippen LogP contribution is 2.27. The Morgan fingerprint density at radius 3 is 2.82 bits per heavy atom. The Morgan fingerprint density at radius 1 is 1.41 bits per heavy atom. The number of carboxylic acids is 1. The quantitative estimate of drug-likeness (QED) is 0.904. The molecule has 0 radical (unpaired) electrons. The van der Waals surface area contributed by atoms with Crippen molar-refractivity contribution in [2.45, 2.75) is 32.2 Å². The molecule has 2 aromatic rings. The van der Waals surface area contributed by atoms with Crippen molar-refractivity contribution in [2.24, 2.45) is 0 Å². The van der Waals surface area contributed by atoms with Crippen LogP contribution in [-0.2, 0) is 6.54 Å². The van der Waals surface area contributed by atoms with Gasteiger partial charge in [-0.3, -0.25) is 10.00 Å². The summed E-state index contributed by atoms with van der Waals surface area (Å²) >= 11 is 0. The predicted octanol–water partition coefficient (Wildman–Crippen LogP) is 2.19. The fraction of sp³-hybridized carbons (Fsp3) is 0.438. The van der Waals surface area contributed by atoms with Crippen LogP contribution in [0.15, 0.2) is 24.3 Å². The third-order valence-electron chi connectivity index (χ3n) is 4.14. The fourth-order valence-electron chi connectivity index (χ4n) is 3.03. The van der Waals surface area contributed by atoms with Gasteiger partial charge in [0.25, 0.3) is 0 Å². The minimum absolute atomic E-state index is 0.340. The van der Waals surface area contributed by atoms with E-state index in [0.29, 0.717) is 11.5 Å². The summed E-state index contributed by atoms with van der Waals surface area (Å²) in [5, 5.41) is 16.0. The number of aromatic amines is 1. The summed E-state index contributed by atoms with van der Waals surface area (Å²) in [5.41, 5.74) is 1.55. The predicted molar refractivity (Wildman–Crippen MR) is 81.8 cm³/mol. The second kappa shape index (κ2) is 6.27. The van der Waals surface area contributed by atoms with E-state index in [1.807, 2.05) is 19.1 Å². The second-order valence-electron chi connectivity index (χ2n) is 5.84. The summed E-state index contributed by atoms with van der Waals surface area (Å²) in [4.78, 5) is 17.6. The normalized spacial score (nSPS) is 19.2. The number of aryl methyl sites for hydroxylation is 1.